The fraction of sp³-hybridized carbons (Fsp3) is 0.667. The maximum Gasteiger partial charge on any atom is 0.252 e. The molecule has 1 aliphatic rings. The number of aliphatic hydroxyl groups excluding tert-OH is 1. The lowest BCUT2D eigenvalue weighted by Crippen LogP contribution is -2.48. The largest absolute Gasteiger partial charge is 0.394 e. The highest BCUT2D eigenvalue weighted by molar-refractivity contribution is 5.39. The monoisotopic (exact) mass is 253 g/mol. The van der Waals surface area contributed by atoms with Gasteiger partial charge in [0.1, 0.15) is 11.6 Å². The molecule has 100 valence electrons. The Labute approximate surface area is 106 Å². The highest BCUT2D eigenvalue weighted by Crippen LogP contribution is 2.17. The molecule has 0 aromatic carbocycles. The van der Waals surface area contributed by atoms with Crippen LogP contribution >= 0.6 is 0 Å². The van der Waals surface area contributed by atoms with Gasteiger partial charge in [0.05, 0.1) is 25.9 Å². The number of H-pyrrole nitrogens is 1. The fourth-order valence-corrected chi connectivity index (χ4v) is 1.99. The standard InChI is InChI=1S/C12H19N3O3/c1-8(2)12-13-10(5-11(17)14-12)15-3-4-18-7-9(15)6-16/h5,8-9,16H,3-4,6-7H2,1-2H3,(H,13,14,17). The van der Waals surface area contributed by atoms with Crippen LogP contribution in [-0.2, 0) is 4.74 Å². The van der Waals surface area contributed by atoms with E-state index in [1.807, 2.05) is 18.7 Å². The van der Waals surface area contributed by atoms with Gasteiger partial charge < -0.3 is 19.7 Å². The first-order chi connectivity index (χ1) is 8.61. The average molecular weight is 253 g/mol. The molecule has 0 aliphatic carbocycles. The quantitative estimate of drug-likeness (QED) is 0.798. The van der Waals surface area contributed by atoms with E-state index in [0.717, 1.165) is 0 Å². The molecule has 1 aromatic rings. The maximum absolute atomic E-state index is 11.6. The summed E-state index contributed by atoms with van der Waals surface area (Å²) in [5.74, 6) is 1.44. The van der Waals surface area contributed by atoms with Crippen LogP contribution in [0.3, 0.4) is 0 Å². The fourth-order valence-electron chi connectivity index (χ4n) is 1.99. The summed E-state index contributed by atoms with van der Waals surface area (Å²) >= 11 is 0. The Bertz CT molecular complexity index is 458. The summed E-state index contributed by atoms with van der Waals surface area (Å²) in [6, 6.07) is 1.34. The Kier molecular flexibility index (Phi) is 3.98. The van der Waals surface area contributed by atoms with E-state index >= 15 is 0 Å². The van der Waals surface area contributed by atoms with Crippen molar-refractivity contribution in [2.24, 2.45) is 0 Å². The van der Waals surface area contributed by atoms with Crippen LogP contribution in [0, 0.1) is 0 Å². The van der Waals surface area contributed by atoms with Gasteiger partial charge >= 0.3 is 0 Å². The third-order valence-electron chi connectivity index (χ3n) is 3.03. The van der Waals surface area contributed by atoms with Crippen LogP contribution in [0.15, 0.2) is 10.9 Å². The van der Waals surface area contributed by atoms with E-state index in [-0.39, 0.29) is 24.1 Å². The van der Waals surface area contributed by atoms with E-state index in [1.54, 1.807) is 0 Å². The van der Waals surface area contributed by atoms with Crippen molar-refractivity contribution in [1.29, 1.82) is 0 Å². The number of hydrogen-bond donors (Lipinski definition) is 2. The maximum atomic E-state index is 11.6. The zero-order valence-corrected chi connectivity index (χ0v) is 10.7. The van der Waals surface area contributed by atoms with E-state index in [1.165, 1.54) is 6.07 Å². The number of aromatic nitrogens is 2. The summed E-state index contributed by atoms with van der Waals surface area (Å²) in [5, 5.41) is 9.34. The molecule has 2 rings (SSSR count). The summed E-state index contributed by atoms with van der Waals surface area (Å²) in [6.07, 6.45) is 0. The Morgan fingerprint density at radius 1 is 1.67 bits per heavy atom. The summed E-state index contributed by atoms with van der Waals surface area (Å²) in [4.78, 5) is 20.8. The van der Waals surface area contributed by atoms with Crippen LogP contribution in [-0.4, -0.2) is 47.5 Å². The highest BCUT2D eigenvalue weighted by Gasteiger charge is 2.24. The molecule has 1 aliphatic heterocycles. The molecular weight excluding hydrogens is 234 g/mol. The number of anilines is 1. The third kappa shape index (κ3) is 2.70. The van der Waals surface area contributed by atoms with Crippen LogP contribution in [0.25, 0.3) is 0 Å². The van der Waals surface area contributed by atoms with E-state index < -0.39 is 0 Å². The molecule has 1 fully saturated rings. The first-order valence-electron chi connectivity index (χ1n) is 6.18. The first kappa shape index (κ1) is 13.0. The van der Waals surface area contributed by atoms with Gasteiger partial charge in [-0.05, 0) is 0 Å². The Hall–Kier alpha value is -1.40. The molecule has 18 heavy (non-hydrogen) atoms. The normalized spacial score (nSPS) is 20.4. The van der Waals surface area contributed by atoms with Crippen molar-refractivity contribution in [2.75, 3.05) is 31.3 Å². The topological polar surface area (TPSA) is 78.5 Å². The SMILES string of the molecule is CC(C)c1nc(N2CCOCC2CO)cc(=O)[nH]1. The third-order valence-corrected chi connectivity index (χ3v) is 3.03. The summed E-state index contributed by atoms with van der Waals surface area (Å²) < 4.78 is 5.32. The Balaban J connectivity index is 2.33. The molecule has 0 amide bonds. The number of nitrogens with one attached hydrogen (secondary N) is 1. The number of morpholine rings is 1. The molecule has 1 unspecified atom stereocenters. The number of aromatic amines is 1. The lowest BCUT2D eigenvalue weighted by molar-refractivity contribution is 0.0722. The molecule has 0 radical (unpaired) electrons. The summed E-state index contributed by atoms with van der Waals surface area (Å²) in [6.45, 7) is 5.63. The van der Waals surface area contributed by atoms with Gasteiger partial charge in [0.25, 0.3) is 5.56 Å². The predicted molar refractivity (Wildman–Crippen MR) is 68.0 cm³/mol. The second kappa shape index (κ2) is 5.49. The number of rotatable bonds is 3. The van der Waals surface area contributed by atoms with Gasteiger partial charge in [-0.25, -0.2) is 4.98 Å². The number of ether oxygens (including phenoxy) is 1. The molecule has 0 bridgehead atoms. The van der Waals surface area contributed by atoms with E-state index in [0.29, 0.717) is 31.4 Å². The lowest BCUT2D eigenvalue weighted by Gasteiger charge is -2.35. The average Bonchev–Trinajstić information content (AvgIpc) is 2.38. The zero-order chi connectivity index (χ0) is 13.1. The number of nitrogens with zero attached hydrogens (tertiary/aromatic N) is 2. The Morgan fingerprint density at radius 2 is 2.44 bits per heavy atom. The van der Waals surface area contributed by atoms with E-state index in [4.69, 9.17) is 4.74 Å². The van der Waals surface area contributed by atoms with Gasteiger partial charge in [0, 0.05) is 18.5 Å². The van der Waals surface area contributed by atoms with Crippen molar-refractivity contribution < 1.29 is 9.84 Å². The zero-order valence-electron chi connectivity index (χ0n) is 10.7. The van der Waals surface area contributed by atoms with Gasteiger partial charge in [-0.1, -0.05) is 13.8 Å². The van der Waals surface area contributed by atoms with Crippen LogP contribution in [0.1, 0.15) is 25.6 Å². The minimum atomic E-state index is -0.160. The highest BCUT2D eigenvalue weighted by atomic mass is 16.5. The van der Waals surface area contributed by atoms with Gasteiger partial charge in [-0.15, -0.1) is 0 Å². The lowest BCUT2D eigenvalue weighted by atomic mass is 10.2. The summed E-state index contributed by atoms with van der Waals surface area (Å²) in [5.41, 5.74) is -0.160. The predicted octanol–water partition coefficient (Wildman–Crippen LogP) is 0.0908. The molecule has 6 heteroatoms. The molecule has 6 nitrogen and oxygen atoms in total. The van der Waals surface area contributed by atoms with Crippen LogP contribution in [0.5, 0.6) is 0 Å². The van der Waals surface area contributed by atoms with Gasteiger partial charge in [0.15, 0.2) is 0 Å². The van der Waals surface area contributed by atoms with Crippen molar-refractivity contribution in [2.45, 2.75) is 25.8 Å². The van der Waals surface area contributed by atoms with Crippen molar-refractivity contribution >= 4 is 5.82 Å². The molecule has 2 heterocycles. The molecule has 0 saturated carbocycles. The second-order valence-corrected chi connectivity index (χ2v) is 4.75. The summed E-state index contributed by atoms with van der Waals surface area (Å²) in [7, 11) is 0. The van der Waals surface area contributed by atoms with E-state index in [2.05, 4.69) is 9.97 Å². The molecule has 2 N–H and O–H groups in total. The van der Waals surface area contributed by atoms with E-state index in [9.17, 15) is 9.90 Å². The minimum absolute atomic E-state index is 0.00844. The smallest absolute Gasteiger partial charge is 0.252 e. The van der Waals surface area contributed by atoms with Crippen molar-refractivity contribution in [3.05, 3.63) is 22.2 Å². The van der Waals surface area contributed by atoms with Crippen LogP contribution < -0.4 is 10.5 Å². The number of aliphatic hydroxyl groups is 1. The first-order valence-corrected chi connectivity index (χ1v) is 6.18. The molecule has 1 atom stereocenters. The minimum Gasteiger partial charge on any atom is -0.394 e. The molecule has 0 spiro atoms. The van der Waals surface area contributed by atoms with Crippen molar-refractivity contribution in [3.63, 3.8) is 0 Å². The van der Waals surface area contributed by atoms with Crippen LogP contribution in [0.4, 0.5) is 5.82 Å². The second-order valence-electron chi connectivity index (χ2n) is 4.75. The van der Waals surface area contributed by atoms with Gasteiger partial charge in [0.2, 0.25) is 0 Å². The number of hydrogen-bond acceptors (Lipinski definition) is 5. The van der Waals surface area contributed by atoms with Gasteiger partial charge in [-0.2, -0.15) is 0 Å². The van der Waals surface area contributed by atoms with Gasteiger partial charge in [-0.3, -0.25) is 4.79 Å². The van der Waals surface area contributed by atoms with Crippen molar-refractivity contribution in [1.82, 2.24) is 9.97 Å². The Morgan fingerprint density at radius 3 is 3.11 bits per heavy atom. The van der Waals surface area contributed by atoms with Crippen LogP contribution in [0.2, 0.25) is 0 Å². The van der Waals surface area contributed by atoms with Crippen molar-refractivity contribution in [3.8, 4) is 0 Å². The molecule has 1 aromatic heterocycles. The molecule has 1 saturated heterocycles. The molecular formula is C12H19N3O3.